The highest BCUT2D eigenvalue weighted by molar-refractivity contribution is 6.04. The molecular formula is C23H18O2. The fourth-order valence-electron chi connectivity index (χ4n) is 3.23. The smallest absolute Gasteiger partial charge is 0.115 e. The van der Waals surface area contributed by atoms with Crippen molar-refractivity contribution in [2.75, 3.05) is 0 Å². The Hall–Kier alpha value is -3.10. The van der Waals surface area contributed by atoms with Crippen LogP contribution >= 0.6 is 0 Å². The first kappa shape index (κ1) is 15.4. The molecule has 2 heteroatoms. The van der Waals surface area contributed by atoms with E-state index in [2.05, 4.69) is 30.3 Å². The molecule has 122 valence electrons. The van der Waals surface area contributed by atoms with Crippen LogP contribution in [0.3, 0.4) is 0 Å². The van der Waals surface area contributed by atoms with E-state index in [1.54, 1.807) is 12.1 Å². The molecule has 0 amide bonds. The zero-order valence-electron chi connectivity index (χ0n) is 13.7. The van der Waals surface area contributed by atoms with Crippen molar-refractivity contribution in [3.05, 3.63) is 90.5 Å². The molecular weight excluding hydrogens is 308 g/mol. The van der Waals surface area contributed by atoms with Crippen LogP contribution in [0.2, 0.25) is 0 Å². The van der Waals surface area contributed by atoms with Crippen molar-refractivity contribution < 1.29 is 10.2 Å². The minimum absolute atomic E-state index is 0.0564. The van der Waals surface area contributed by atoms with Gasteiger partial charge in [0, 0.05) is 0 Å². The molecule has 0 aliphatic rings. The van der Waals surface area contributed by atoms with Crippen molar-refractivity contribution in [1.82, 2.24) is 0 Å². The number of phenolic OH excluding ortho intramolecular Hbond substituents is 1. The van der Waals surface area contributed by atoms with E-state index in [4.69, 9.17) is 0 Å². The lowest BCUT2D eigenvalue weighted by Gasteiger charge is -2.12. The summed E-state index contributed by atoms with van der Waals surface area (Å²) in [6.07, 6.45) is 0. The molecule has 0 fully saturated rings. The molecule has 0 unspecified atom stereocenters. The number of hydrogen-bond acceptors (Lipinski definition) is 2. The molecule has 25 heavy (non-hydrogen) atoms. The molecule has 4 rings (SSSR count). The third-order valence-electron chi connectivity index (χ3n) is 4.55. The van der Waals surface area contributed by atoms with Crippen LogP contribution in [0.25, 0.3) is 33.0 Å². The maximum absolute atomic E-state index is 9.53. The topological polar surface area (TPSA) is 40.5 Å². The second-order valence-electron chi connectivity index (χ2n) is 6.11. The average Bonchev–Trinajstić information content (AvgIpc) is 2.68. The summed E-state index contributed by atoms with van der Waals surface area (Å²) in [5, 5.41) is 21.1. The summed E-state index contributed by atoms with van der Waals surface area (Å²) in [4.78, 5) is 0. The van der Waals surface area contributed by atoms with E-state index >= 15 is 0 Å². The van der Waals surface area contributed by atoms with Crippen molar-refractivity contribution in [2.45, 2.75) is 6.61 Å². The Labute approximate surface area is 146 Å². The van der Waals surface area contributed by atoms with E-state index in [1.165, 1.54) is 16.3 Å². The first-order valence-electron chi connectivity index (χ1n) is 8.27. The predicted octanol–water partition coefficient (Wildman–Crippen LogP) is 5.37. The highest BCUT2D eigenvalue weighted by atomic mass is 16.3. The number of benzene rings is 4. The van der Waals surface area contributed by atoms with Gasteiger partial charge in [0.05, 0.1) is 6.61 Å². The average molecular weight is 326 g/mol. The summed E-state index contributed by atoms with van der Waals surface area (Å²) >= 11 is 0. The normalized spacial score (nSPS) is 10.9. The summed E-state index contributed by atoms with van der Waals surface area (Å²) in [5.74, 6) is 0.272. The van der Waals surface area contributed by atoms with Gasteiger partial charge in [-0.3, -0.25) is 0 Å². The Kier molecular flexibility index (Phi) is 3.96. The lowest BCUT2D eigenvalue weighted by Crippen LogP contribution is -1.87. The van der Waals surface area contributed by atoms with E-state index in [-0.39, 0.29) is 12.4 Å². The third kappa shape index (κ3) is 2.88. The number of aliphatic hydroxyl groups excluding tert-OH is 1. The number of hydrogen-bond donors (Lipinski definition) is 2. The highest BCUT2D eigenvalue weighted by Crippen LogP contribution is 2.36. The SMILES string of the molecule is OCc1ccc(-c2ccc(-c3ccc(O)cc3)c3ccccc23)cc1. The highest BCUT2D eigenvalue weighted by Gasteiger charge is 2.09. The van der Waals surface area contributed by atoms with Crippen molar-refractivity contribution in [1.29, 1.82) is 0 Å². The fourth-order valence-corrected chi connectivity index (χ4v) is 3.23. The molecule has 0 aromatic heterocycles. The molecule has 0 heterocycles. The second kappa shape index (κ2) is 6.42. The maximum Gasteiger partial charge on any atom is 0.115 e. The van der Waals surface area contributed by atoms with E-state index < -0.39 is 0 Å². The van der Waals surface area contributed by atoms with Crippen LogP contribution in [0.4, 0.5) is 0 Å². The van der Waals surface area contributed by atoms with Crippen molar-refractivity contribution in [3.8, 4) is 28.0 Å². The lowest BCUT2D eigenvalue weighted by molar-refractivity contribution is 0.282. The zero-order valence-corrected chi connectivity index (χ0v) is 13.7. The van der Waals surface area contributed by atoms with Crippen molar-refractivity contribution >= 4 is 10.8 Å². The Bertz CT molecular complexity index is 1020. The van der Waals surface area contributed by atoms with Crippen molar-refractivity contribution in [2.24, 2.45) is 0 Å². The molecule has 0 atom stereocenters. The quantitative estimate of drug-likeness (QED) is 0.531. The number of fused-ring (bicyclic) bond motifs is 1. The van der Waals surface area contributed by atoms with Crippen LogP contribution in [0.5, 0.6) is 5.75 Å². The van der Waals surface area contributed by atoms with Crippen LogP contribution in [0.1, 0.15) is 5.56 Å². The van der Waals surface area contributed by atoms with Crippen LogP contribution in [-0.4, -0.2) is 10.2 Å². The van der Waals surface area contributed by atoms with Gasteiger partial charge < -0.3 is 10.2 Å². The number of rotatable bonds is 3. The molecule has 0 saturated carbocycles. The van der Waals surface area contributed by atoms with E-state index in [0.717, 1.165) is 22.3 Å². The first-order chi connectivity index (χ1) is 12.3. The largest absolute Gasteiger partial charge is 0.508 e. The zero-order chi connectivity index (χ0) is 17.2. The molecule has 0 aliphatic heterocycles. The molecule has 0 bridgehead atoms. The molecule has 0 saturated heterocycles. The lowest BCUT2D eigenvalue weighted by atomic mass is 9.92. The molecule has 0 spiro atoms. The summed E-state index contributed by atoms with van der Waals surface area (Å²) in [5.41, 5.74) is 5.43. The summed E-state index contributed by atoms with van der Waals surface area (Å²) in [6.45, 7) is 0.0564. The fraction of sp³-hybridized carbons (Fsp3) is 0.0435. The van der Waals surface area contributed by atoms with Gasteiger partial charge in [-0.05, 0) is 50.7 Å². The number of aliphatic hydroxyl groups is 1. The maximum atomic E-state index is 9.53. The standard InChI is InChI=1S/C23H18O2/c24-15-16-5-7-17(8-6-16)20-13-14-21(18-9-11-19(25)12-10-18)23-4-2-1-3-22(20)23/h1-14,24-25H,15H2. The van der Waals surface area contributed by atoms with Gasteiger partial charge in [-0.15, -0.1) is 0 Å². The van der Waals surface area contributed by atoms with Crippen LogP contribution in [0.15, 0.2) is 84.9 Å². The summed E-state index contributed by atoms with van der Waals surface area (Å²) in [7, 11) is 0. The van der Waals surface area contributed by atoms with Gasteiger partial charge in [0.15, 0.2) is 0 Å². The van der Waals surface area contributed by atoms with Crippen LogP contribution in [-0.2, 0) is 6.61 Å². The van der Waals surface area contributed by atoms with Gasteiger partial charge in [0.2, 0.25) is 0 Å². The first-order valence-corrected chi connectivity index (χ1v) is 8.27. The number of phenols is 1. The van der Waals surface area contributed by atoms with E-state index in [9.17, 15) is 10.2 Å². The Morgan fingerprint density at radius 1 is 0.560 bits per heavy atom. The minimum Gasteiger partial charge on any atom is -0.508 e. The van der Waals surface area contributed by atoms with Gasteiger partial charge in [-0.2, -0.15) is 0 Å². The monoisotopic (exact) mass is 326 g/mol. The number of aromatic hydroxyl groups is 1. The van der Waals surface area contributed by atoms with E-state index in [0.29, 0.717) is 0 Å². The van der Waals surface area contributed by atoms with Gasteiger partial charge in [-0.1, -0.05) is 72.8 Å². The molecule has 0 aliphatic carbocycles. The molecule has 2 nitrogen and oxygen atoms in total. The summed E-state index contributed by atoms with van der Waals surface area (Å²) < 4.78 is 0. The van der Waals surface area contributed by atoms with Crippen molar-refractivity contribution in [3.63, 3.8) is 0 Å². The minimum atomic E-state index is 0.0564. The van der Waals surface area contributed by atoms with Gasteiger partial charge in [0.1, 0.15) is 5.75 Å². The van der Waals surface area contributed by atoms with Crippen LogP contribution < -0.4 is 0 Å². The second-order valence-corrected chi connectivity index (χ2v) is 6.11. The Morgan fingerprint density at radius 3 is 1.52 bits per heavy atom. The molecule has 4 aromatic rings. The van der Waals surface area contributed by atoms with Gasteiger partial charge in [-0.25, -0.2) is 0 Å². The Balaban J connectivity index is 1.90. The molecule has 0 radical (unpaired) electrons. The predicted molar refractivity (Wildman–Crippen MR) is 102 cm³/mol. The summed E-state index contributed by atoms with van der Waals surface area (Å²) in [6, 6.07) is 27.9. The Morgan fingerprint density at radius 2 is 1.04 bits per heavy atom. The molecule has 2 N–H and O–H groups in total. The van der Waals surface area contributed by atoms with Gasteiger partial charge in [0.25, 0.3) is 0 Å². The van der Waals surface area contributed by atoms with E-state index in [1.807, 2.05) is 42.5 Å². The molecule has 4 aromatic carbocycles. The van der Waals surface area contributed by atoms with Gasteiger partial charge >= 0.3 is 0 Å². The third-order valence-corrected chi connectivity index (χ3v) is 4.55. The van der Waals surface area contributed by atoms with Crippen LogP contribution in [0, 0.1) is 0 Å².